The van der Waals surface area contributed by atoms with Crippen LogP contribution in [0.4, 0.5) is 0 Å². The van der Waals surface area contributed by atoms with Crippen LogP contribution in [-0.4, -0.2) is 17.1 Å². The molecule has 0 aliphatic carbocycles. The molecule has 0 unspecified atom stereocenters. The fourth-order valence-corrected chi connectivity index (χ4v) is 1.51. The molecule has 0 saturated carbocycles. The summed E-state index contributed by atoms with van der Waals surface area (Å²) >= 11 is 4.89. The van der Waals surface area contributed by atoms with Crippen molar-refractivity contribution in [3.63, 3.8) is 0 Å². The molecule has 0 radical (unpaired) electrons. The molecule has 2 rings (SSSR count). The number of hydrogen-bond acceptors (Lipinski definition) is 4. The second-order valence-electron chi connectivity index (χ2n) is 3.37. The molecule has 0 aliphatic rings. The van der Waals surface area contributed by atoms with Crippen LogP contribution in [0.5, 0.6) is 5.75 Å². The quantitative estimate of drug-likeness (QED) is 0.435. The Hall–Kier alpha value is -0.304. The largest absolute Gasteiger partial charge is 1.00 e. The minimum Gasteiger partial charge on any atom is -0.740 e. The Morgan fingerprint density at radius 3 is 2.44 bits per heavy atom. The number of aromatic nitrogens is 2. The first-order chi connectivity index (χ1) is 8.28. The van der Waals surface area contributed by atoms with E-state index in [2.05, 4.69) is 9.97 Å². The van der Waals surface area contributed by atoms with Crippen LogP contribution in [0.3, 0.4) is 0 Å². The van der Waals surface area contributed by atoms with Gasteiger partial charge in [-0.25, -0.2) is 0 Å². The first-order valence-corrected chi connectivity index (χ1v) is 5.51. The van der Waals surface area contributed by atoms with Gasteiger partial charge < -0.3 is 17.4 Å². The van der Waals surface area contributed by atoms with Gasteiger partial charge in [0, 0.05) is 11.4 Å². The first kappa shape index (κ1) is 15.8. The molecule has 1 aromatic heterocycles. The van der Waals surface area contributed by atoms with Crippen LogP contribution >= 0.6 is 0 Å². The van der Waals surface area contributed by atoms with Gasteiger partial charge in [0.15, 0.2) is 0 Å². The molecule has 0 aliphatic heterocycles. The van der Waals surface area contributed by atoms with Gasteiger partial charge in [-0.3, -0.25) is 9.97 Å². The van der Waals surface area contributed by atoms with E-state index in [-0.39, 0.29) is 51.4 Å². The van der Waals surface area contributed by atoms with Crippen molar-refractivity contribution >= 4 is 24.8 Å². The summed E-state index contributed by atoms with van der Waals surface area (Å²) in [4.78, 5) is 7.98. The molecule has 0 N–H and O–H groups in total. The molecule has 0 spiro atoms. The van der Waals surface area contributed by atoms with Gasteiger partial charge in [0.2, 0.25) is 0 Å². The minimum atomic E-state index is 0. The van der Waals surface area contributed by atoms with Gasteiger partial charge in [-0.15, -0.1) is 0 Å². The van der Waals surface area contributed by atoms with E-state index in [1.807, 2.05) is 42.5 Å². The summed E-state index contributed by atoms with van der Waals surface area (Å²) in [7, 11) is 1.65. The number of benzene rings is 1. The summed E-state index contributed by atoms with van der Waals surface area (Å²) in [5.41, 5.74) is 1.89. The number of nitrogens with zero attached hydrogens (tertiary/aromatic N) is 2. The Morgan fingerprint density at radius 1 is 1.11 bits per heavy atom. The standard InChI is InChI=1S/C13H12N2OS.K/c1-16-12-6-3-10(4-7-12)2-5-11-8-9-14-13(17)15-11;/h2-9H,1H3,(H,14,15,17);/q;+1/p-1. The molecular formula is C13H11KN2OS. The van der Waals surface area contributed by atoms with E-state index in [0.717, 1.165) is 17.0 Å². The van der Waals surface area contributed by atoms with Crippen LogP contribution in [0.1, 0.15) is 11.3 Å². The predicted molar refractivity (Wildman–Crippen MR) is 69.6 cm³/mol. The fourth-order valence-electron chi connectivity index (χ4n) is 1.34. The zero-order valence-electron chi connectivity index (χ0n) is 10.3. The van der Waals surface area contributed by atoms with E-state index in [4.69, 9.17) is 17.4 Å². The molecule has 18 heavy (non-hydrogen) atoms. The predicted octanol–water partition coefficient (Wildman–Crippen LogP) is -0.435. The van der Waals surface area contributed by atoms with Crippen LogP contribution in [0.2, 0.25) is 0 Å². The van der Waals surface area contributed by atoms with E-state index in [9.17, 15) is 0 Å². The minimum absolute atomic E-state index is 0. The van der Waals surface area contributed by atoms with Gasteiger partial charge in [0.1, 0.15) is 5.75 Å². The van der Waals surface area contributed by atoms with Gasteiger partial charge in [-0.2, -0.15) is 0 Å². The molecule has 0 atom stereocenters. The van der Waals surface area contributed by atoms with Crippen molar-refractivity contribution in [1.29, 1.82) is 0 Å². The van der Waals surface area contributed by atoms with Crippen LogP contribution in [0.15, 0.2) is 41.7 Å². The van der Waals surface area contributed by atoms with E-state index < -0.39 is 0 Å². The van der Waals surface area contributed by atoms with Gasteiger partial charge >= 0.3 is 51.4 Å². The van der Waals surface area contributed by atoms with Crippen molar-refractivity contribution in [2.45, 2.75) is 5.16 Å². The van der Waals surface area contributed by atoms with Gasteiger partial charge in [0.05, 0.1) is 12.8 Å². The van der Waals surface area contributed by atoms with E-state index in [1.54, 1.807) is 13.3 Å². The molecule has 0 fully saturated rings. The molecule has 86 valence electrons. The van der Waals surface area contributed by atoms with Crippen molar-refractivity contribution in [2.24, 2.45) is 0 Å². The summed E-state index contributed by atoms with van der Waals surface area (Å²) in [6.07, 6.45) is 5.53. The van der Waals surface area contributed by atoms with E-state index in [0.29, 0.717) is 5.16 Å². The van der Waals surface area contributed by atoms with Crippen molar-refractivity contribution in [3.05, 3.63) is 47.8 Å². The monoisotopic (exact) mass is 282 g/mol. The van der Waals surface area contributed by atoms with Crippen molar-refractivity contribution in [1.82, 2.24) is 9.97 Å². The molecular weight excluding hydrogens is 271 g/mol. The van der Waals surface area contributed by atoms with Gasteiger partial charge in [-0.1, -0.05) is 18.2 Å². The fraction of sp³-hybridized carbons (Fsp3) is 0.0769. The molecule has 0 bridgehead atoms. The third-order valence-electron chi connectivity index (χ3n) is 2.22. The molecule has 0 saturated heterocycles. The maximum atomic E-state index is 5.09. The van der Waals surface area contributed by atoms with E-state index in [1.165, 1.54) is 0 Å². The average Bonchev–Trinajstić information content (AvgIpc) is 2.37. The molecule has 1 heterocycles. The zero-order chi connectivity index (χ0) is 12.1. The molecule has 0 amide bonds. The van der Waals surface area contributed by atoms with Gasteiger partial charge in [-0.05, 0) is 29.8 Å². The van der Waals surface area contributed by atoms with Crippen LogP contribution in [0, 0.1) is 0 Å². The maximum Gasteiger partial charge on any atom is 1.00 e. The van der Waals surface area contributed by atoms with Crippen molar-refractivity contribution < 1.29 is 56.1 Å². The second kappa shape index (κ2) is 7.99. The van der Waals surface area contributed by atoms with E-state index >= 15 is 0 Å². The molecule has 3 nitrogen and oxygen atoms in total. The van der Waals surface area contributed by atoms with Crippen LogP contribution < -0.4 is 56.1 Å². The summed E-state index contributed by atoms with van der Waals surface area (Å²) < 4.78 is 5.09. The topological polar surface area (TPSA) is 35.0 Å². The van der Waals surface area contributed by atoms with Gasteiger partial charge in [0.25, 0.3) is 0 Å². The normalized spacial score (nSPS) is 10.1. The van der Waals surface area contributed by atoms with Crippen LogP contribution in [0.25, 0.3) is 12.2 Å². The van der Waals surface area contributed by atoms with Crippen molar-refractivity contribution in [3.8, 4) is 5.75 Å². The van der Waals surface area contributed by atoms with Crippen LogP contribution in [-0.2, 0) is 12.6 Å². The zero-order valence-corrected chi connectivity index (χ0v) is 14.3. The summed E-state index contributed by atoms with van der Waals surface area (Å²) in [6, 6.07) is 9.60. The Labute approximate surface area is 155 Å². The van der Waals surface area contributed by atoms with Crippen molar-refractivity contribution in [2.75, 3.05) is 7.11 Å². The Balaban J connectivity index is 0.00000162. The number of hydrogen-bond donors (Lipinski definition) is 0. The number of methoxy groups -OCH3 is 1. The molecule has 1 aromatic carbocycles. The number of ether oxygens (including phenoxy) is 1. The SMILES string of the molecule is COc1ccc(C=Cc2ccnc([S-])n2)cc1.[K+]. The summed E-state index contributed by atoms with van der Waals surface area (Å²) in [5.74, 6) is 0.844. The summed E-state index contributed by atoms with van der Waals surface area (Å²) in [5, 5.41) is 0.363. The second-order valence-corrected chi connectivity index (χ2v) is 3.74. The number of rotatable bonds is 3. The average molecular weight is 282 g/mol. The third kappa shape index (κ3) is 4.76. The molecule has 5 heteroatoms. The third-order valence-corrected chi connectivity index (χ3v) is 2.41. The smallest absolute Gasteiger partial charge is 0.740 e. The molecule has 2 aromatic rings. The Morgan fingerprint density at radius 2 is 1.83 bits per heavy atom. The Bertz CT molecular complexity index is 529. The Kier molecular flexibility index (Phi) is 6.99. The maximum absolute atomic E-state index is 5.09. The summed E-state index contributed by atoms with van der Waals surface area (Å²) in [6.45, 7) is 0. The first-order valence-electron chi connectivity index (χ1n) is 5.10.